The van der Waals surface area contributed by atoms with Crippen LogP contribution in [-0.4, -0.2) is 28.3 Å². The van der Waals surface area contributed by atoms with E-state index in [9.17, 15) is 9.59 Å². The van der Waals surface area contributed by atoms with Gasteiger partial charge in [0.25, 0.3) is 5.91 Å². The van der Waals surface area contributed by atoms with Gasteiger partial charge in [0, 0.05) is 23.0 Å². The summed E-state index contributed by atoms with van der Waals surface area (Å²) in [5, 5.41) is 6.91. The lowest BCUT2D eigenvalue weighted by Crippen LogP contribution is -2.22. The Kier molecular flexibility index (Phi) is 4.18. The number of rotatable bonds is 3. The minimum atomic E-state index is -0.189. The van der Waals surface area contributed by atoms with Gasteiger partial charge in [0.1, 0.15) is 10.8 Å². The van der Waals surface area contributed by atoms with Crippen molar-refractivity contribution >= 4 is 45.6 Å². The fourth-order valence-electron chi connectivity index (χ4n) is 3.09. The Morgan fingerprint density at radius 3 is 2.88 bits per heavy atom. The van der Waals surface area contributed by atoms with Gasteiger partial charge < -0.3 is 15.6 Å². The van der Waals surface area contributed by atoms with Crippen molar-refractivity contribution < 1.29 is 9.59 Å². The van der Waals surface area contributed by atoms with E-state index in [4.69, 9.17) is 11.6 Å². The maximum Gasteiger partial charge on any atom is 0.268 e. The summed E-state index contributed by atoms with van der Waals surface area (Å²) in [6.07, 6.45) is 3.53. The van der Waals surface area contributed by atoms with Gasteiger partial charge >= 0.3 is 0 Å². The van der Waals surface area contributed by atoms with Crippen molar-refractivity contribution in [3.8, 4) is 0 Å². The number of hydrogen-bond donors (Lipinski definition) is 3. The van der Waals surface area contributed by atoms with Crippen molar-refractivity contribution in [2.45, 2.75) is 6.42 Å². The lowest BCUT2D eigenvalue weighted by atomic mass is 9.98. The third-order valence-electron chi connectivity index (χ3n) is 4.23. The minimum absolute atomic E-state index is 0.145. The number of carbonyl (C=O) groups excluding carboxylic acids is 2. The fourth-order valence-corrected chi connectivity index (χ4v) is 3.20. The molecular weight excluding hydrogens is 352 g/mol. The first kappa shape index (κ1) is 16.4. The zero-order valence-electron chi connectivity index (χ0n) is 13.7. The molecule has 0 saturated carbocycles. The molecule has 0 bridgehead atoms. The summed E-state index contributed by atoms with van der Waals surface area (Å²) < 4.78 is 0. The molecule has 1 aliphatic heterocycles. The SMILES string of the molecule is O=C(CC1=CCNC(=O)c2[nH]c3ccccc3c21)Nc1ccc(Cl)nc1. The van der Waals surface area contributed by atoms with E-state index >= 15 is 0 Å². The highest BCUT2D eigenvalue weighted by Crippen LogP contribution is 2.32. The summed E-state index contributed by atoms with van der Waals surface area (Å²) in [4.78, 5) is 31.9. The number of aromatic nitrogens is 2. The highest BCUT2D eigenvalue weighted by molar-refractivity contribution is 6.29. The Balaban J connectivity index is 1.65. The van der Waals surface area contributed by atoms with Crippen LogP contribution in [0.3, 0.4) is 0 Å². The number of amides is 2. The van der Waals surface area contributed by atoms with Gasteiger partial charge in [-0.2, -0.15) is 0 Å². The van der Waals surface area contributed by atoms with E-state index in [2.05, 4.69) is 20.6 Å². The summed E-state index contributed by atoms with van der Waals surface area (Å²) in [6.45, 7) is 0.376. The van der Waals surface area contributed by atoms with Gasteiger partial charge in [-0.25, -0.2) is 4.98 Å². The van der Waals surface area contributed by atoms with E-state index in [1.54, 1.807) is 12.1 Å². The average Bonchev–Trinajstić information content (AvgIpc) is 2.95. The van der Waals surface area contributed by atoms with Gasteiger partial charge in [-0.15, -0.1) is 0 Å². The van der Waals surface area contributed by atoms with Gasteiger partial charge in [-0.1, -0.05) is 35.9 Å². The Labute approximate surface area is 154 Å². The van der Waals surface area contributed by atoms with Gasteiger partial charge in [0.15, 0.2) is 0 Å². The first-order valence-corrected chi connectivity index (χ1v) is 8.49. The van der Waals surface area contributed by atoms with Crippen LogP contribution in [0.4, 0.5) is 5.69 Å². The minimum Gasteiger partial charge on any atom is -0.350 e. The molecule has 1 aromatic carbocycles. The van der Waals surface area contributed by atoms with E-state index < -0.39 is 0 Å². The van der Waals surface area contributed by atoms with E-state index in [0.29, 0.717) is 23.1 Å². The molecule has 0 aliphatic carbocycles. The normalized spacial score (nSPS) is 13.6. The van der Waals surface area contributed by atoms with E-state index in [1.165, 1.54) is 6.20 Å². The third-order valence-corrected chi connectivity index (χ3v) is 4.45. The molecule has 2 amide bonds. The summed E-state index contributed by atoms with van der Waals surface area (Å²) in [6, 6.07) is 11.0. The fraction of sp³-hybridized carbons (Fsp3) is 0.105. The zero-order valence-corrected chi connectivity index (χ0v) is 14.4. The van der Waals surface area contributed by atoms with Crippen molar-refractivity contribution in [1.29, 1.82) is 0 Å². The van der Waals surface area contributed by atoms with Gasteiger partial charge in [0.2, 0.25) is 5.91 Å². The average molecular weight is 367 g/mol. The second-order valence-electron chi connectivity index (χ2n) is 5.95. The standard InChI is InChI=1S/C19H15ClN4O2/c20-15-6-5-12(10-22-15)23-16(25)9-11-7-8-21-19(26)18-17(11)13-3-1-2-4-14(13)24-18/h1-7,10,24H,8-9H2,(H,21,26)(H,23,25). The quantitative estimate of drug-likeness (QED) is 0.621. The molecule has 1 aliphatic rings. The smallest absolute Gasteiger partial charge is 0.268 e. The number of carbonyl (C=O) groups is 2. The summed E-state index contributed by atoms with van der Waals surface area (Å²) in [5.74, 6) is -0.365. The Morgan fingerprint density at radius 2 is 2.08 bits per heavy atom. The molecule has 0 spiro atoms. The Bertz CT molecular complexity index is 1040. The third kappa shape index (κ3) is 3.07. The molecule has 4 rings (SSSR count). The molecule has 0 saturated heterocycles. The van der Waals surface area contributed by atoms with Crippen LogP contribution < -0.4 is 10.6 Å². The van der Waals surface area contributed by atoms with Gasteiger partial charge in [-0.3, -0.25) is 9.59 Å². The van der Waals surface area contributed by atoms with Crippen molar-refractivity contribution in [3.63, 3.8) is 0 Å². The number of H-pyrrole nitrogens is 1. The van der Waals surface area contributed by atoms with Crippen LogP contribution in [-0.2, 0) is 4.79 Å². The number of hydrogen-bond acceptors (Lipinski definition) is 3. The monoisotopic (exact) mass is 366 g/mol. The van der Waals surface area contributed by atoms with Crippen LogP contribution in [0.15, 0.2) is 48.7 Å². The highest BCUT2D eigenvalue weighted by atomic mass is 35.5. The maximum absolute atomic E-state index is 12.5. The summed E-state index contributed by atoms with van der Waals surface area (Å²) >= 11 is 5.76. The number of nitrogens with one attached hydrogen (secondary N) is 3. The van der Waals surface area contributed by atoms with Crippen LogP contribution in [0.1, 0.15) is 22.5 Å². The predicted molar refractivity (Wildman–Crippen MR) is 101 cm³/mol. The number of nitrogens with zero attached hydrogens (tertiary/aromatic N) is 1. The van der Waals surface area contributed by atoms with Crippen LogP contribution in [0, 0.1) is 0 Å². The number of aromatic amines is 1. The molecule has 6 nitrogen and oxygen atoms in total. The molecule has 0 fully saturated rings. The lowest BCUT2D eigenvalue weighted by molar-refractivity contribution is -0.115. The molecule has 26 heavy (non-hydrogen) atoms. The molecule has 130 valence electrons. The Morgan fingerprint density at radius 1 is 1.23 bits per heavy atom. The molecule has 3 heterocycles. The number of benzene rings is 1. The second kappa shape index (κ2) is 6.65. The molecule has 2 aromatic heterocycles. The highest BCUT2D eigenvalue weighted by Gasteiger charge is 2.23. The topological polar surface area (TPSA) is 86.9 Å². The molecule has 3 N–H and O–H groups in total. The molecule has 0 unspecified atom stereocenters. The van der Waals surface area contributed by atoms with Gasteiger partial charge in [0.05, 0.1) is 18.3 Å². The van der Waals surface area contributed by atoms with E-state index in [1.807, 2.05) is 30.3 Å². The number of para-hydroxylation sites is 1. The summed E-state index contributed by atoms with van der Waals surface area (Å²) in [7, 11) is 0. The van der Waals surface area contributed by atoms with Crippen molar-refractivity contribution in [2.24, 2.45) is 0 Å². The van der Waals surface area contributed by atoms with Crippen molar-refractivity contribution in [2.75, 3.05) is 11.9 Å². The number of fused-ring (bicyclic) bond motifs is 3. The van der Waals surface area contributed by atoms with Gasteiger partial charge in [-0.05, 0) is 23.8 Å². The van der Waals surface area contributed by atoms with Crippen LogP contribution >= 0.6 is 11.6 Å². The largest absolute Gasteiger partial charge is 0.350 e. The lowest BCUT2D eigenvalue weighted by Gasteiger charge is -2.08. The van der Waals surface area contributed by atoms with Crippen molar-refractivity contribution in [3.05, 3.63) is 65.1 Å². The molecule has 3 aromatic rings. The predicted octanol–water partition coefficient (Wildman–Crippen LogP) is 3.37. The maximum atomic E-state index is 12.5. The Hall–Kier alpha value is -3.12. The van der Waals surface area contributed by atoms with E-state index in [0.717, 1.165) is 22.0 Å². The molecular formula is C19H15ClN4O2. The number of pyridine rings is 1. The first-order valence-electron chi connectivity index (χ1n) is 8.11. The van der Waals surface area contributed by atoms with Crippen molar-refractivity contribution in [1.82, 2.24) is 15.3 Å². The zero-order chi connectivity index (χ0) is 18.1. The van der Waals surface area contributed by atoms with Crippen LogP contribution in [0.2, 0.25) is 5.15 Å². The van der Waals surface area contributed by atoms with Crippen LogP contribution in [0.5, 0.6) is 0 Å². The number of halogens is 1. The second-order valence-corrected chi connectivity index (χ2v) is 6.34. The molecule has 0 radical (unpaired) electrons. The number of anilines is 1. The molecule has 7 heteroatoms. The molecule has 0 atom stereocenters. The van der Waals surface area contributed by atoms with E-state index in [-0.39, 0.29) is 18.2 Å². The summed E-state index contributed by atoms with van der Waals surface area (Å²) in [5.41, 5.74) is 3.50. The van der Waals surface area contributed by atoms with Crippen LogP contribution in [0.25, 0.3) is 16.5 Å². The first-order chi connectivity index (χ1) is 12.6.